The van der Waals surface area contributed by atoms with Gasteiger partial charge in [0.15, 0.2) is 0 Å². The molecule has 4 rings (SSSR count). The van der Waals surface area contributed by atoms with Gasteiger partial charge in [-0.25, -0.2) is 13.8 Å². The minimum atomic E-state index is -0.735. The number of halogens is 1. The first-order valence-electron chi connectivity index (χ1n) is 9.98. The maximum Gasteiger partial charge on any atom is 0.337 e. The van der Waals surface area contributed by atoms with E-state index in [-0.39, 0.29) is 23.3 Å². The largest absolute Gasteiger partial charge is 0.497 e. The molecule has 0 radical (unpaired) electrons. The molecule has 2 aromatic heterocycles. The summed E-state index contributed by atoms with van der Waals surface area (Å²) in [5.74, 6) is 0.0154. The second-order valence-corrected chi connectivity index (χ2v) is 7.74. The second kappa shape index (κ2) is 7.96. The first kappa shape index (κ1) is 21.3. The Morgan fingerprint density at radius 2 is 1.66 bits per heavy atom. The first-order chi connectivity index (χ1) is 15.2. The monoisotopic (exact) mass is 435 g/mol. The van der Waals surface area contributed by atoms with Gasteiger partial charge in [0.2, 0.25) is 0 Å². The molecule has 0 aliphatic carbocycles. The summed E-state index contributed by atoms with van der Waals surface area (Å²) in [5, 5.41) is 0.181. The van der Waals surface area contributed by atoms with Crippen molar-refractivity contribution >= 4 is 11.0 Å². The van der Waals surface area contributed by atoms with Gasteiger partial charge in [-0.3, -0.25) is 18.7 Å². The molecule has 0 aliphatic rings. The van der Waals surface area contributed by atoms with Gasteiger partial charge >= 0.3 is 5.69 Å². The Morgan fingerprint density at radius 1 is 0.969 bits per heavy atom. The van der Waals surface area contributed by atoms with Crippen LogP contribution in [0.1, 0.15) is 16.7 Å². The average molecular weight is 435 g/mol. The minimum Gasteiger partial charge on any atom is -0.497 e. The number of methoxy groups -OCH3 is 1. The topological polar surface area (TPSA) is 75.2 Å². The van der Waals surface area contributed by atoms with Crippen molar-refractivity contribution in [3.8, 4) is 11.4 Å². The van der Waals surface area contributed by atoms with E-state index in [1.54, 1.807) is 51.3 Å². The molecule has 0 atom stereocenters. The van der Waals surface area contributed by atoms with Crippen molar-refractivity contribution in [1.29, 1.82) is 0 Å². The number of benzene rings is 2. The van der Waals surface area contributed by atoms with Crippen molar-refractivity contribution in [3.05, 3.63) is 102 Å². The van der Waals surface area contributed by atoms with Crippen molar-refractivity contribution < 1.29 is 9.13 Å². The molecule has 32 heavy (non-hydrogen) atoms. The summed E-state index contributed by atoms with van der Waals surface area (Å²) in [5.41, 5.74) is 0.136. The molecule has 0 unspecified atom stereocenters. The van der Waals surface area contributed by atoms with E-state index in [4.69, 9.17) is 4.74 Å². The molecular weight excluding hydrogens is 413 g/mol. The van der Waals surface area contributed by atoms with Gasteiger partial charge in [0.1, 0.15) is 17.2 Å². The molecule has 0 fully saturated rings. The fourth-order valence-corrected chi connectivity index (χ4v) is 3.83. The lowest BCUT2D eigenvalue weighted by Gasteiger charge is -2.18. The van der Waals surface area contributed by atoms with Crippen LogP contribution in [0.3, 0.4) is 0 Å². The fourth-order valence-electron chi connectivity index (χ4n) is 3.83. The Labute approximate surface area is 182 Å². The standard InChI is InChI=1S/C24H22FN3O4/c1-14-5-10-19(18(25)11-14)28-22-21(15(2)12-20(29)26(22)3)23(30)27(24(28)31)13-16-6-8-17(32-4)9-7-16/h5-12H,13H2,1-4H3. The molecule has 0 aliphatic heterocycles. The number of rotatable bonds is 4. The number of hydrogen-bond donors (Lipinski definition) is 0. The third-order valence-electron chi connectivity index (χ3n) is 5.54. The lowest BCUT2D eigenvalue weighted by atomic mass is 10.1. The van der Waals surface area contributed by atoms with Crippen LogP contribution in [0.4, 0.5) is 4.39 Å². The molecule has 2 aromatic carbocycles. The second-order valence-electron chi connectivity index (χ2n) is 7.74. The smallest absolute Gasteiger partial charge is 0.337 e. The number of nitrogens with zero attached hydrogens (tertiary/aromatic N) is 3. The Bertz CT molecular complexity index is 1530. The van der Waals surface area contributed by atoms with Gasteiger partial charge in [-0.15, -0.1) is 0 Å². The van der Waals surface area contributed by atoms with Gasteiger partial charge < -0.3 is 4.74 Å². The number of hydrogen-bond acceptors (Lipinski definition) is 4. The molecule has 8 heteroatoms. The molecule has 7 nitrogen and oxygen atoms in total. The average Bonchev–Trinajstić information content (AvgIpc) is 2.76. The summed E-state index contributed by atoms with van der Waals surface area (Å²) in [6.45, 7) is 3.34. The summed E-state index contributed by atoms with van der Waals surface area (Å²) in [7, 11) is 3.00. The van der Waals surface area contributed by atoms with E-state index in [0.29, 0.717) is 22.4 Å². The highest BCUT2D eigenvalue weighted by atomic mass is 19.1. The van der Waals surface area contributed by atoms with Crippen LogP contribution in [0.15, 0.2) is 62.9 Å². The van der Waals surface area contributed by atoms with Crippen LogP contribution in [0, 0.1) is 19.7 Å². The number of aromatic nitrogens is 3. The SMILES string of the molecule is COc1ccc(Cn2c(=O)c3c(C)cc(=O)n(C)c3n(-c3ccc(C)cc3F)c2=O)cc1. The van der Waals surface area contributed by atoms with Crippen LogP contribution in [0.2, 0.25) is 0 Å². The summed E-state index contributed by atoms with van der Waals surface area (Å²) in [6, 6.07) is 12.7. The van der Waals surface area contributed by atoms with Crippen LogP contribution in [-0.4, -0.2) is 20.8 Å². The van der Waals surface area contributed by atoms with Gasteiger partial charge in [0.05, 0.1) is 24.7 Å². The minimum absolute atomic E-state index is 0.0205. The lowest BCUT2D eigenvalue weighted by molar-refractivity contribution is 0.414. The summed E-state index contributed by atoms with van der Waals surface area (Å²) in [4.78, 5) is 39.4. The van der Waals surface area contributed by atoms with E-state index >= 15 is 0 Å². The quantitative estimate of drug-likeness (QED) is 0.494. The Balaban J connectivity index is 2.11. The van der Waals surface area contributed by atoms with Crippen molar-refractivity contribution in [2.24, 2.45) is 7.05 Å². The van der Waals surface area contributed by atoms with Crippen LogP contribution in [-0.2, 0) is 13.6 Å². The zero-order chi connectivity index (χ0) is 23.2. The normalized spacial score (nSPS) is 11.2. The van der Waals surface area contributed by atoms with Crippen LogP contribution in [0.5, 0.6) is 5.75 Å². The van der Waals surface area contributed by atoms with E-state index in [1.807, 2.05) is 0 Å². The van der Waals surface area contributed by atoms with Gasteiger partial charge in [0, 0.05) is 13.1 Å². The van der Waals surface area contributed by atoms with Crippen LogP contribution in [0.25, 0.3) is 16.7 Å². The lowest BCUT2D eigenvalue weighted by Crippen LogP contribution is -2.42. The molecular formula is C24H22FN3O4. The summed E-state index contributed by atoms with van der Waals surface area (Å²) in [6.07, 6.45) is 0. The maximum atomic E-state index is 15.0. The molecule has 0 bridgehead atoms. The first-order valence-corrected chi connectivity index (χ1v) is 9.98. The van der Waals surface area contributed by atoms with Crippen LogP contribution >= 0.6 is 0 Å². The molecule has 0 saturated carbocycles. The Morgan fingerprint density at radius 3 is 2.28 bits per heavy atom. The zero-order valence-corrected chi connectivity index (χ0v) is 18.2. The van der Waals surface area contributed by atoms with Crippen molar-refractivity contribution in [3.63, 3.8) is 0 Å². The van der Waals surface area contributed by atoms with Gasteiger partial charge in [0.25, 0.3) is 11.1 Å². The Kier molecular flexibility index (Phi) is 5.30. The maximum absolute atomic E-state index is 15.0. The third-order valence-corrected chi connectivity index (χ3v) is 5.54. The van der Waals surface area contributed by atoms with Crippen molar-refractivity contribution in [1.82, 2.24) is 13.7 Å². The third kappa shape index (κ3) is 3.43. The summed E-state index contributed by atoms with van der Waals surface area (Å²) >= 11 is 0. The number of fused-ring (bicyclic) bond motifs is 1. The predicted octanol–water partition coefficient (Wildman–Crippen LogP) is 2.66. The van der Waals surface area contributed by atoms with Crippen molar-refractivity contribution in [2.75, 3.05) is 7.11 Å². The summed E-state index contributed by atoms with van der Waals surface area (Å²) < 4.78 is 23.5. The Hall–Kier alpha value is -3.94. The highest BCUT2D eigenvalue weighted by Crippen LogP contribution is 2.19. The van der Waals surface area contributed by atoms with Gasteiger partial charge in [-0.1, -0.05) is 18.2 Å². The molecule has 4 aromatic rings. The van der Waals surface area contributed by atoms with E-state index in [0.717, 1.165) is 9.13 Å². The van der Waals surface area contributed by atoms with Gasteiger partial charge in [-0.2, -0.15) is 0 Å². The van der Waals surface area contributed by atoms with Gasteiger partial charge in [-0.05, 0) is 54.8 Å². The number of aryl methyl sites for hydroxylation is 3. The molecule has 2 heterocycles. The highest BCUT2D eigenvalue weighted by molar-refractivity contribution is 5.79. The fraction of sp³-hybridized carbons (Fsp3) is 0.208. The number of ether oxygens (including phenoxy) is 1. The number of pyridine rings is 1. The molecule has 164 valence electrons. The molecule has 0 spiro atoms. The van der Waals surface area contributed by atoms with E-state index in [9.17, 15) is 18.8 Å². The molecule has 0 saturated heterocycles. The molecule has 0 amide bonds. The van der Waals surface area contributed by atoms with Crippen molar-refractivity contribution in [2.45, 2.75) is 20.4 Å². The van der Waals surface area contributed by atoms with E-state index in [1.165, 1.54) is 29.8 Å². The molecule has 0 N–H and O–H groups in total. The van der Waals surface area contributed by atoms with E-state index in [2.05, 4.69) is 0 Å². The zero-order valence-electron chi connectivity index (χ0n) is 18.2. The van der Waals surface area contributed by atoms with E-state index < -0.39 is 22.6 Å². The highest BCUT2D eigenvalue weighted by Gasteiger charge is 2.21. The van der Waals surface area contributed by atoms with Crippen LogP contribution < -0.4 is 21.5 Å². The predicted molar refractivity (Wildman–Crippen MR) is 121 cm³/mol.